The van der Waals surface area contributed by atoms with Gasteiger partial charge in [0.25, 0.3) is 10.0 Å². The second kappa shape index (κ2) is 13.1. The number of likely N-dealkylation sites (N-methyl/N-ethyl adjacent to an activating group) is 1. The standard InChI is InChI=1S/C28H32FN3O6S/c1-5-26(28(34)30-2)31(18-20-7-6-8-24(17-20)38-4)27(33)19-32(22-11-9-21(29)10-12-22)39(35,36)25-15-13-23(37-3)14-16-25/h6-17,26H,5,18-19H2,1-4H3,(H,30,34)/t26-/m0/s1. The van der Waals surface area contributed by atoms with Gasteiger partial charge in [-0.2, -0.15) is 0 Å². The minimum atomic E-state index is -4.28. The maximum Gasteiger partial charge on any atom is 0.264 e. The molecule has 3 rings (SSSR count). The summed E-state index contributed by atoms with van der Waals surface area (Å²) in [5, 5.41) is 2.57. The van der Waals surface area contributed by atoms with Gasteiger partial charge in [0.2, 0.25) is 11.8 Å². The number of nitrogens with zero attached hydrogens (tertiary/aromatic N) is 2. The summed E-state index contributed by atoms with van der Waals surface area (Å²) < 4.78 is 52.6. The molecule has 9 nitrogen and oxygen atoms in total. The number of hydrogen-bond donors (Lipinski definition) is 1. The van der Waals surface area contributed by atoms with E-state index in [9.17, 15) is 22.4 Å². The first-order chi connectivity index (χ1) is 18.6. The van der Waals surface area contributed by atoms with Gasteiger partial charge in [-0.05, 0) is 72.6 Å². The maximum absolute atomic E-state index is 13.9. The van der Waals surface area contributed by atoms with E-state index in [2.05, 4.69) is 5.32 Å². The Kier molecular flexibility index (Phi) is 9.89. The number of methoxy groups -OCH3 is 2. The van der Waals surface area contributed by atoms with E-state index in [1.807, 2.05) is 0 Å². The van der Waals surface area contributed by atoms with Crippen LogP contribution in [0, 0.1) is 5.82 Å². The van der Waals surface area contributed by atoms with Crippen LogP contribution in [0.2, 0.25) is 0 Å². The van der Waals surface area contributed by atoms with E-state index in [0.29, 0.717) is 17.1 Å². The number of rotatable bonds is 12. The van der Waals surface area contributed by atoms with Gasteiger partial charge in [0.15, 0.2) is 0 Å². The second-order valence-corrected chi connectivity index (χ2v) is 10.4. The van der Waals surface area contributed by atoms with Gasteiger partial charge in [-0.15, -0.1) is 0 Å². The lowest BCUT2D eigenvalue weighted by atomic mass is 10.1. The molecule has 0 bridgehead atoms. The smallest absolute Gasteiger partial charge is 0.264 e. The van der Waals surface area contributed by atoms with Crippen LogP contribution in [-0.2, 0) is 26.2 Å². The van der Waals surface area contributed by atoms with Gasteiger partial charge in [0.05, 0.1) is 24.8 Å². The third kappa shape index (κ3) is 7.05. The Hall–Kier alpha value is -4.12. The Morgan fingerprint density at radius 1 is 0.949 bits per heavy atom. The van der Waals surface area contributed by atoms with Crippen molar-refractivity contribution in [2.24, 2.45) is 0 Å². The second-order valence-electron chi connectivity index (χ2n) is 8.58. The molecular formula is C28H32FN3O6S. The number of benzene rings is 3. The lowest BCUT2D eigenvalue weighted by Gasteiger charge is -2.33. The highest BCUT2D eigenvalue weighted by Gasteiger charge is 2.33. The zero-order valence-corrected chi connectivity index (χ0v) is 23.1. The Labute approximate surface area is 228 Å². The molecule has 3 aromatic carbocycles. The summed E-state index contributed by atoms with van der Waals surface area (Å²) in [6, 6.07) is 16.7. The molecule has 0 unspecified atom stereocenters. The number of halogens is 1. The molecule has 3 aromatic rings. The van der Waals surface area contributed by atoms with Crippen LogP contribution in [-0.4, -0.2) is 59.0 Å². The molecule has 11 heteroatoms. The van der Waals surface area contributed by atoms with Gasteiger partial charge in [-0.25, -0.2) is 12.8 Å². The van der Waals surface area contributed by atoms with Crippen molar-refractivity contribution in [1.82, 2.24) is 10.2 Å². The lowest BCUT2D eigenvalue weighted by Crippen LogP contribution is -2.51. The number of ether oxygens (including phenoxy) is 2. The van der Waals surface area contributed by atoms with Crippen molar-refractivity contribution < 1.29 is 31.9 Å². The van der Waals surface area contributed by atoms with Crippen molar-refractivity contribution in [1.29, 1.82) is 0 Å². The fourth-order valence-electron chi connectivity index (χ4n) is 4.06. The first-order valence-corrected chi connectivity index (χ1v) is 13.6. The summed E-state index contributed by atoms with van der Waals surface area (Å²) >= 11 is 0. The maximum atomic E-state index is 13.9. The normalized spacial score (nSPS) is 11.8. The fourth-order valence-corrected chi connectivity index (χ4v) is 5.48. The van der Waals surface area contributed by atoms with Crippen LogP contribution in [0.1, 0.15) is 18.9 Å². The molecule has 1 atom stereocenters. The highest BCUT2D eigenvalue weighted by atomic mass is 32.2. The van der Waals surface area contributed by atoms with Crippen molar-refractivity contribution in [3.8, 4) is 11.5 Å². The van der Waals surface area contributed by atoms with Crippen molar-refractivity contribution in [3.05, 3.63) is 84.2 Å². The number of carbonyl (C=O) groups excluding carboxylic acids is 2. The molecule has 0 radical (unpaired) electrons. The molecule has 2 amide bonds. The first-order valence-electron chi connectivity index (χ1n) is 12.2. The highest BCUT2D eigenvalue weighted by molar-refractivity contribution is 7.92. The molecule has 0 saturated carbocycles. The molecule has 0 spiro atoms. The van der Waals surface area contributed by atoms with Gasteiger partial charge in [-0.1, -0.05) is 19.1 Å². The summed E-state index contributed by atoms with van der Waals surface area (Å²) in [6.45, 7) is 1.16. The molecule has 39 heavy (non-hydrogen) atoms. The largest absolute Gasteiger partial charge is 0.497 e. The Balaban J connectivity index is 2.05. The molecule has 0 heterocycles. The molecule has 1 N–H and O–H groups in total. The topological polar surface area (TPSA) is 105 Å². The molecule has 0 aliphatic rings. The predicted octanol–water partition coefficient (Wildman–Crippen LogP) is 3.59. The number of hydrogen-bond acceptors (Lipinski definition) is 6. The van der Waals surface area contributed by atoms with Crippen LogP contribution >= 0.6 is 0 Å². The van der Waals surface area contributed by atoms with Gasteiger partial charge in [-0.3, -0.25) is 13.9 Å². The lowest BCUT2D eigenvalue weighted by molar-refractivity contribution is -0.140. The number of sulfonamides is 1. The van der Waals surface area contributed by atoms with Crippen molar-refractivity contribution >= 4 is 27.5 Å². The van der Waals surface area contributed by atoms with E-state index < -0.39 is 34.3 Å². The quantitative estimate of drug-likeness (QED) is 0.365. The van der Waals surface area contributed by atoms with Crippen LogP contribution in [0.3, 0.4) is 0 Å². The van der Waals surface area contributed by atoms with E-state index in [-0.39, 0.29) is 29.5 Å². The van der Waals surface area contributed by atoms with Crippen LogP contribution in [0.4, 0.5) is 10.1 Å². The average molecular weight is 558 g/mol. The van der Waals surface area contributed by atoms with Gasteiger partial charge < -0.3 is 19.7 Å². The van der Waals surface area contributed by atoms with E-state index in [4.69, 9.17) is 9.47 Å². The molecule has 208 valence electrons. The van der Waals surface area contributed by atoms with Crippen molar-refractivity contribution in [2.45, 2.75) is 30.8 Å². The highest BCUT2D eigenvalue weighted by Crippen LogP contribution is 2.26. The average Bonchev–Trinajstić information content (AvgIpc) is 2.96. The summed E-state index contributed by atoms with van der Waals surface area (Å²) in [5.41, 5.74) is 0.784. The Morgan fingerprint density at radius 2 is 1.59 bits per heavy atom. The van der Waals surface area contributed by atoms with Crippen LogP contribution in [0.15, 0.2) is 77.7 Å². The van der Waals surface area contributed by atoms with E-state index >= 15 is 0 Å². The van der Waals surface area contributed by atoms with E-state index in [1.165, 1.54) is 62.6 Å². The molecule has 0 aliphatic heterocycles. The van der Waals surface area contributed by atoms with E-state index in [0.717, 1.165) is 16.4 Å². The third-order valence-corrected chi connectivity index (χ3v) is 7.95. The molecule has 0 aromatic heterocycles. The number of amides is 2. The zero-order chi connectivity index (χ0) is 28.6. The zero-order valence-electron chi connectivity index (χ0n) is 22.3. The Morgan fingerprint density at radius 3 is 2.15 bits per heavy atom. The fraction of sp³-hybridized carbons (Fsp3) is 0.286. The summed E-state index contributed by atoms with van der Waals surface area (Å²) in [7, 11) is 0.174. The minimum Gasteiger partial charge on any atom is -0.497 e. The molecule has 0 aliphatic carbocycles. The summed E-state index contributed by atoms with van der Waals surface area (Å²) in [6.07, 6.45) is 0.289. The number of carbonyl (C=O) groups is 2. The van der Waals surface area contributed by atoms with E-state index in [1.54, 1.807) is 31.2 Å². The van der Waals surface area contributed by atoms with Gasteiger partial charge in [0, 0.05) is 13.6 Å². The summed E-state index contributed by atoms with van der Waals surface area (Å²) in [5.74, 6) is -0.533. The third-order valence-electron chi connectivity index (χ3n) is 6.16. The Bertz CT molecular complexity index is 1380. The minimum absolute atomic E-state index is 0.0296. The first kappa shape index (κ1) is 29.4. The monoisotopic (exact) mass is 557 g/mol. The number of nitrogens with one attached hydrogen (secondary N) is 1. The molecule has 0 fully saturated rings. The summed E-state index contributed by atoms with van der Waals surface area (Å²) in [4.78, 5) is 27.9. The van der Waals surface area contributed by atoms with Crippen LogP contribution in [0.25, 0.3) is 0 Å². The van der Waals surface area contributed by atoms with Gasteiger partial charge in [0.1, 0.15) is 29.9 Å². The predicted molar refractivity (Wildman–Crippen MR) is 146 cm³/mol. The number of anilines is 1. The van der Waals surface area contributed by atoms with Gasteiger partial charge >= 0.3 is 0 Å². The van der Waals surface area contributed by atoms with Crippen LogP contribution < -0.4 is 19.1 Å². The molecule has 0 saturated heterocycles. The van der Waals surface area contributed by atoms with Crippen LogP contribution in [0.5, 0.6) is 11.5 Å². The van der Waals surface area contributed by atoms with Crippen molar-refractivity contribution in [2.75, 3.05) is 32.1 Å². The molecular weight excluding hydrogens is 525 g/mol. The van der Waals surface area contributed by atoms with Crippen molar-refractivity contribution in [3.63, 3.8) is 0 Å². The SMILES string of the molecule is CC[C@@H](C(=O)NC)N(Cc1cccc(OC)c1)C(=O)CN(c1ccc(F)cc1)S(=O)(=O)c1ccc(OC)cc1.